The molecule has 0 bridgehead atoms. The third-order valence-corrected chi connectivity index (χ3v) is 4.28. The van der Waals surface area contributed by atoms with Gasteiger partial charge in [0.15, 0.2) is 0 Å². The summed E-state index contributed by atoms with van der Waals surface area (Å²) in [7, 11) is -3.17. The summed E-state index contributed by atoms with van der Waals surface area (Å²) in [6, 6.07) is 0. The highest BCUT2D eigenvalue weighted by Crippen LogP contribution is 2.09. The first kappa shape index (κ1) is 11.9. The molecule has 0 aliphatic carbocycles. The first-order valence-corrected chi connectivity index (χ1v) is 6.40. The van der Waals surface area contributed by atoms with E-state index >= 15 is 0 Å². The minimum atomic E-state index is -3.17. The lowest BCUT2D eigenvalue weighted by atomic mass is 10.1. The van der Waals surface area contributed by atoms with Gasteiger partial charge in [0.2, 0.25) is 10.0 Å². The standard InChI is InChI=1S/C8H19N3O2S/c1-8(2,9)7-14(12,13)11-5-3-10-4-6-11/h10H,3-7,9H2,1-2H3. The zero-order valence-electron chi connectivity index (χ0n) is 8.78. The number of sulfonamides is 1. The molecule has 0 aromatic carbocycles. The molecule has 84 valence electrons. The molecule has 1 saturated heterocycles. The topological polar surface area (TPSA) is 75.4 Å². The second kappa shape index (κ2) is 4.14. The number of nitrogens with two attached hydrogens (primary N) is 1. The van der Waals surface area contributed by atoms with E-state index < -0.39 is 15.6 Å². The first-order chi connectivity index (χ1) is 6.31. The number of hydrogen-bond acceptors (Lipinski definition) is 4. The average molecular weight is 221 g/mol. The van der Waals surface area contributed by atoms with Crippen LogP contribution in [0.15, 0.2) is 0 Å². The molecule has 0 amide bonds. The zero-order chi connectivity index (χ0) is 10.8. The molecule has 0 spiro atoms. The molecule has 6 heteroatoms. The van der Waals surface area contributed by atoms with Crippen molar-refractivity contribution in [3.05, 3.63) is 0 Å². The van der Waals surface area contributed by atoms with Gasteiger partial charge in [-0.15, -0.1) is 0 Å². The van der Waals surface area contributed by atoms with Gasteiger partial charge >= 0.3 is 0 Å². The van der Waals surface area contributed by atoms with Crippen molar-refractivity contribution < 1.29 is 8.42 Å². The molecule has 3 N–H and O–H groups in total. The van der Waals surface area contributed by atoms with Crippen LogP contribution in [-0.4, -0.2) is 50.2 Å². The van der Waals surface area contributed by atoms with E-state index in [9.17, 15) is 8.42 Å². The zero-order valence-corrected chi connectivity index (χ0v) is 9.60. The van der Waals surface area contributed by atoms with Gasteiger partial charge in [-0.3, -0.25) is 0 Å². The Morgan fingerprint density at radius 2 is 1.86 bits per heavy atom. The highest BCUT2D eigenvalue weighted by molar-refractivity contribution is 7.89. The number of rotatable bonds is 3. The van der Waals surface area contributed by atoms with E-state index in [0.29, 0.717) is 13.1 Å². The van der Waals surface area contributed by atoms with Crippen LogP contribution in [0.2, 0.25) is 0 Å². The third kappa shape index (κ3) is 3.53. The summed E-state index contributed by atoms with van der Waals surface area (Å²) >= 11 is 0. The molecule has 5 nitrogen and oxygen atoms in total. The highest BCUT2D eigenvalue weighted by atomic mass is 32.2. The molecule has 0 unspecified atom stereocenters. The van der Waals surface area contributed by atoms with Gasteiger partial charge < -0.3 is 11.1 Å². The molecule has 1 aliphatic rings. The molecule has 0 aromatic rings. The molecule has 1 fully saturated rings. The summed E-state index contributed by atoms with van der Waals surface area (Å²) in [5.41, 5.74) is 5.04. The summed E-state index contributed by atoms with van der Waals surface area (Å²) in [6.45, 7) is 6.02. The van der Waals surface area contributed by atoms with Crippen LogP contribution >= 0.6 is 0 Å². The van der Waals surface area contributed by atoms with Crippen LogP contribution in [0.25, 0.3) is 0 Å². The molecule has 1 heterocycles. The Balaban J connectivity index is 2.64. The number of hydrogen-bond donors (Lipinski definition) is 2. The molecule has 1 rings (SSSR count). The van der Waals surface area contributed by atoms with Crippen LogP contribution in [0.3, 0.4) is 0 Å². The predicted octanol–water partition coefficient (Wildman–Crippen LogP) is -1.04. The Morgan fingerprint density at radius 3 is 2.29 bits per heavy atom. The summed E-state index contributed by atoms with van der Waals surface area (Å²) in [5, 5.41) is 3.11. The predicted molar refractivity (Wildman–Crippen MR) is 56.5 cm³/mol. The van der Waals surface area contributed by atoms with E-state index in [2.05, 4.69) is 5.32 Å². The van der Waals surface area contributed by atoms with E-state index in [1.165, 1.54) is 4.31 Å². The van der Waals surface area contributed by atoms with Crippen molar-refractivity contribution in [2.24, 2.45) is 5.73 Å². The van der Waals surface area contributed by atoms with Gasteiger partial charge in [-0.2, -0.15) is 4.31 Å². The quantitative estimate of drug-likeness (QED) is 0.638. The Hall–Kier alpha value is -0.170. The van der Waals surface area contributed by atoms with Crippen molar-refractivity contribution in [1.82, 2.24) is 9.62 Å². The van der Waals surface area contributed by atoms with Gasteiger partial charge in [0, 0.05) is 31.7 Å². The molecule has 1 aliphatic heterocycles. The van der Waals surface area contributed by atoms with Crippen molar-refractivity contribution in [2.45, 2.75) is 19.4 Å². The van der Waals surface area contributed by atoms with Crippen LogP contribution in [0.1, 0.15) is 13.8 Å². The maximum Gasteiger partial charge on any atom is 0.215 e. The largest absolute Gasteiger partial charge is 0.325 e. The van der Waals surface area contributed by atoms with Crippen molar-refractivity contribution in [1.29, 1.82) is 0 Å². The second-order valence-corrected chi connectivity index (χ2v) is 6.36. The summed E-state index contributed by atoms with van der Waals surface area (Å²) < 4.78 is 25.2. The Morgan fingerprint density at radius 1 is 1.36 bits per heavy atom. The molecular weight excluding hydrogens is 202 g/mol. The van der Waals surface area contributed by atoms with Crippen molar-refractivity contribution in [3.8, 4) is 0 Å². The Bertz CT molecular complexity index is 275. The molecule has 0 aromatic heterocycles. The fourth-order valence-corrected chi connectivity index (χ4v) is 3.35. The maximum atomic E-state index is 11.8. The molecule has 0 radical (unpaired) electrons. The van der Waals surface area contributed by atoms with Gasteiger partial charge in [-0.1, -0.05) is 0 Å². The summed E-state index contributed by atoms with van der Waals surface area (Å²) in [4.78, 5) is 0. The molecule has 0 atom stereocenters. The van der Waals surface area contributed by atoms with E-state index in [1.54, 1.807) is 13.8 Å². The Kier molecular flexibility index (Phi) is 3.52. The first-order valence-electron chi connectivity index (χ1n) is 4.79. The van der Waals surface area contributed by atoms with E-state index in [1.807, 2.05) is 0 Å². The van der Waals surface area contributed by atoms with Crippen molar-refractivity contribution in [2.75, 3.05) is 31.9 Å². The second-order valence-electron chi connectivity index (χ2n) is 4.39. The monoisotopic (exact) mass is 221 g/mol. The van der Waals surface area contributed by atoms with Crippen LogP contribution in [0.4, 0.5) is 0 Å². The van der Waals surface area contributed by atoms with Crippen molar-refractivity contribution in [3.63, 3.8) is 0 Å². The van der Waals surface area contributed by atoms with Gasteiger partial charge in [0.25, 0.3) is 0 Å². The van der Waals surface area contributed by atoms with Crippen LogP contribution in [-0.2, 0) is 10.0 Å². The van der Waals surface area contributed by atoms with Gasteiger partial charge in [0.05, 0.1) is 5.75 Å². The van der Waals surface area contributed by atoms with Crippen LogP contribution in [0.5, 0.6) is 0 Å². The van der Waals surface area contributed by atoms with Gasteiger partial charge in [-0.05, 0) is 13.8 Å². The minimum absolute atomic E-state index is 0.0139. The Labute approximate surface area is 85.7 Å². The lowest BCUT2D eigenvalue weighted by Crippen LogP contribution is -2.51. The number of nitrogens with one attached hydrogen (secondary N) is 1. The number of nitrogens with zero attached hydrogens (tertiary/aromatic N) is 1. The minimum Gasteiger partial charge on any atom is -0.325 e. The lowest BCUT2D eigenvalue weighted by Gasteiger charge is -2.29. The molecule has 0 saturated carbocycles. The summed E-state index contributed by atoms with van der Waals surface area (Å²) in [5.74, 6) is 0.0139. The number of piperazine rings is 1. The molecular formula is C8H19N3O2S. The summed E-state index contributed by atoms with van der Waals surface area (Å²) in [6.07, 6.45) is 0. The maximum absolute atomic E-state index is 11.8. The van der Waals surface area contributed by atoms with Crippen molar-refractivity contribution >= 4 is 10.0 Å². The highest BCUT2D eigenvalue weighted by Gasteiger charge is 2.28. The van der Waals surface area contributed by atoms with Gasteiger partial charge in [0.1, 0.15) is 0 Å². The van der Waals surface area contributed by atoms with E-state index in [4.69, 9.17) is 5.73 Å². The van der Waals surface area contributed by atoms with Gasteiger partial charge in [-0.25, -0.2) is 8.42 Å². The van der Waals surface area contributed by atoms with Crippen LogP contribution < -0.4 is 11.1 Å². The lowest BCUT2D eigenvalue weighted by molar-refractivity contribution is 0.355. The fourth-order valence-electron chi connectivity index (χ4n) is 1.48. The SMILES string of the molecule is CC(C)(N)CS(=O)(=O)N1CCNCC1. The average Bonchev–Trinajstić information content (AvgIpc) is 2.01. The van der Waals surface area contributed by atoms with E-state index in [0.717, 1.165) is 13.1 Å². The third-order valence-electron chi connectivity index (χ3n) is 2.02. The smallest absolute Gasteiger partial charge is 0.215 e. The van der Waals surface area contributed by atoms with Crippen LogP contribution in [0, 0.1) is 0 Å². The molecule has 14 heavy (non-hydrogen) atoms. The fraction of sp³-hybridized carbons (Fsp3) is 1.00. The van der Waals surface area contributed by atoms with E-state index in [-0.39, 0.29) is 5.75 Å². The normalized spacial score (nSPS) is 21.1.